The fraction of sp³-hybridized carbons (Fsp3) is 0.125. The second-order valence-electron chi connectivity index (χ2n) is 4.67. The van der Waals surface area contributed by atoms with Crippen molar-refractivity contribution in [3.63, 3.8) is 0 Å². The van der Waals surface area contributed by atoms with Gasteiger partial charge in [-0.3, -0.25) is 4.79 Å². The zero-order valence-electron chi connectivity index (χ0n) is 11.7. The van der Waals surface area contributed by atoms with Crippen molar-refractivity contribution >= 4 is 33.2 Å². The van der Waals surface area contributed by atoms with Crippen LogP contribution in [0.5, 0.6) is 0 Å². The third-order valence-electron chi connectivity index (χ3n) is 3.08. The van der Waals surface area contributed by atoms with Crippen molar-refractivity contribution in [3.8, 4) is 0 Å². The number of halogens is 1. The second-order valence-corrected chi connectivity index (χ2v) is 5.52. The zero-order valence-corrected chi connectivity index (χ0v) is 13.3. The predicted molar refractivity (Wildman–Crippen MR) is 87.3 cm³/mol. The summed E-state index contributed by atoms with van der Waals surface area (Å²) in [5, 5.41) is 14.9. The number of hydrogen-bond donors (Lipinski definition) is 2. The Hall–Kier alpha value is -2.14. The molecular formula is C16H15BrN2O2. The Bertz CT molecular complexity index is 711. The van der Waals surface area contributed by atoms with E-state index in [-0.39, 0.29) is 5.91 Å². The van der Waals surface area contributed by atoms with Crippen LogP contribution in [0.15, 0.2) is 52.1 Å². The van der Waals surface area contributed by atoms with Gasteiger partial charge < -0.3 is 10.5 Å². The van der Waals surface area contributed by atoms with Crippen molar-refractivity contribution in [1.82, 2.24) is 0 Å². The summed E-state index contributed by atoms with van der Waals surface area (Å²) in [5.74, 6) is -0.219. The number of anilines is 1. The van der Waals surface area contributed by atoms with Crippen LogP contribution in [-0.2, 0) is 0 Å². The molecule has 0 heterocycles. The molecule has 1 amide bonds. The normalized spacial score (nSPS) is 11.3. The summed E-state index contributed by atoms with van der Waals surface area (Å²) in [4.78, 5) is 12.4. The molecule has 0 unspecified atom stereocenters. The molecule has 0 aliphatic rings. The standard InChI is InChI=1S/C16H15BrN2O2/c1-10-7-8-14(17)13(9-10)16(20)18-15-6-4-3-5-12(15)11(2)19-21/h3-9,21H,1-2H3,(H,18,20)/b19-11-. The number of amides is 1. The van der Waals surface area contributed by atoms with E-state index in [9.17, 15) is 4.79 Å². The molecule has 0 fully saturated rings. The Balaban J connectivity index is 2.34. The minimum absolute atomic E-state index is 0.219. The second kappa shape index (κ2) is 6.54. The van der Waals surface area contributed by atoms with Crippen LogP contribution in [0, 0.1) is 6.92 Å². The van der Waals surface area contributed by atoms with E-state index in [0.29, 0.717) is 22.5 Å². The van der Waals surface area contributed by atoms with Gasteiger partial charge in [0.2, 0.25) is 0 Å². The molecule has 0 aliphatic carbocycles. The van der Waals surface area contributed by atoms with Crippen molar-refractivity contribution in [2.45, 2.75) is 13.8 Å². The molecule has 2 N–H and O–H groups in total. The monoisotopic (exact) mass is 346 g/mol. The molecule has 0 saturated heterocycles. The Labute approximate surface area is 131 Å². The third-order valence-corrected chi connectivity index (χ3v) is 3.77. The number of nitrogens with zero attached hydrogens (tertiary/aromatic N) is 1. The average molecular weight is 347 g/mol. The van der Waals surface area contributed by atoms with Crippen LogP contribution in [-0.4, -0.2) is 16.8 Å². The Morgan fingerprint density at radius 3 is 2.62 bits per heavy atom. The maximum atomic E-state index is 12.4. The van der Waals surface area contributed by atoms with Crippen molar-refractivity contribution < 1.29 is 10.0 Å². The lowest BCUT2D eigenvalue weighted by molar-refractivity contribution is 0.102. The number of aryl methyl sites for hydroxylation is 1. The topological polar surface area (TPSA) is 61.7 Å². The van der Waals surface area contributed by atoms with Gasteiger partial charge >= 0.3 is 0 Å². The van der Waals surface area contributed by atoms with Crippen LogP contribution in [0.4, 0.5) is 5.69 Å². The number of benzene rings is 2. The van der Waals surface area contributed by atoms with Gasteiger partial charge in [-0.15, -0.1) is 0 Å². The molecule has 0 radical (unpaired) electrons. The summed E-state index contributed by atoms with van der Waals surface area (Å²) in [6, 6.07) is 12.8. The van der Waals surface area contributed by atoms with Crippen LogP contribution in [0.2, 0.25) is 0 Å². The van der Waals surface area contributed by atoms with E-state index in [1.807, 2.05) is 37.3 Å². The van der Waals surface area contributed by atoms with E-state index in [1.54, 1.807) is 19.1 Å². The van der Waals surface area contributed by atoms with E-state index in [0.717, 1.165) is 10.0 Å². The summed E-state index contributed by atoms with van der Waals surface area (Å²) in [6.07, 6.45) is 0. The molecule has 2 aromatic rings. The van der Waals surface area contributed by atoms with Gasteiger partial charge in [0, 0.05) is 10.0 Å². The average Bonchev–Trinajstić information content (AvgIpc) is 2.49. The Kier molecular flexibility index (Phi) is 4.75. The van der Waals surface area contributed by atoms with E-state index in [1.165, 1.54) is 0 Å². The largest absolute Gasteiger partial charge is 0.411 e. The SMILES string of the molecule is C/C(=N/O)c1ccccc1NC(=O)c1cc(C)ccc1Br. The minimum atomic E-state index is -0.219. The first-order valence-corrected chi connectivity index (χ1v) is 7.18. The van der Waals surface area contributed by atoms with Gasteiger partial charge in [-0.2, -0.15) is 0 Å². The molecule has 108 valence electrons. The summed E-state index contributed by atoms with van der Waals surface area (Å²) >= 11 is 3.38. The van der Waals surface area contributed by atoms with Crippen molar-refractivity contribution in [2.75, 3.05) is 5.32 Å². The number of hydrogen-bond acceptors (Lipinski definition) is 3. The van der Waals surface area contributed by atoms with Gasteiger partial charge in [0.1, 0.15) is 0 Å². The Morgan fingerprint density at radius 2 is 1.90 bits per heavy atom. The van der Waals surface area contributed by atoms with Gasteiger partial charge in [0.25, 0.3) is 5.91 Å². The van der Waals surface area contributed by atoms with E-state index < -0.39 is 0 Å². The quantitative estimate of drug-likeness (QED) is 0.496. The van der Waals surface area contributed by atoms with E-state index >= 15 is 0 Å². The van der Waals surface area contributed by atoms with Gasteiger partial charge in [-0.1, -0.05) is 35.0 Å². The third kappa shape index (κ3) is 3.49. The van der Waals surface area contributed by atoms with Crippen LogP contribution in [0.25, 0.3) is 0 Å². The molecule has 5 heteroatoms. The first-order chi connectivity index (χ1) is 10.0. The lowest BCUT2D eigenvalue weighted by Crippen LogP contribution is -2.15. The summed E-state index contributed by atoms with van der Waals surface area (Å²) in [6.45, 7) is 3.60. The lowest BCUT2D eigenvalue weighted by atomic mass is 10.1. The molecule has 2 rings (SSSR count). The van der Waals surface area contributed by atoms with Crippen molar-refractivity contribution in [2.24, 2.45) is 5.16 Å². The maximum absolute atomic E-state index is 12.4. The molecule has 0 aliphatic heterocycles. The van der Waals surface area contributed by atoms with Crippen LogP contribution in [0.3, 0.4) is 0 Å². The number of rotatable bonds is 3. The first kappa shape index (κ1) is 15.3. The molecule has 4 nitrogen and oxygen atoms in total. The zero-order chi connectivity index (χ0) is 15.4. The number of para-hydroxylation sites is 1. The smallest absolute Gasteiger partial charge is 0.256 e. The number of carbonyl (C=O) groups excluding carboxylic acids is 1. The van der Waals surface area contributed by atoms with Crippen molar-refractivity contribution in [3.05, 3.63) is 63.6 Å². The summed E-state index contributed by atoms with van der Waals surface area (Å²) in [7, 11) is 0. The fourth-order valence-electron chi connectivity index (χ4n) is 1.96. The molecule has 0 atom stereocenters. The molecule has 0 spiro atoms. The molecule has 2 aromatic carbocycles. The van der Waals surface area contributed by atoms with Crippen molar-refractivity contribution in [1.29, 1.82) is 0 Å². The highest BCUT2D eigenvalue weighted by atomic mass is 79.9. The van der Waals surface area contributed by atoms with Gasteiger partial charge in [0.15, 0.2) is 0 Å². The first-order valence-electron chi connectivity index (χ1n) is 6.38. The molecule has 0 aromatic heterocycles. The number of nitrogens with one attached hydrogen (secondary N) is 1. The van der Waals surface area contributed by atoms with Crippen LogP contribution in [0.1, 0.15) is 28.4 Å². The predicted octanol–water partition coefficient (Wildman–Crippen LogP) is 4.21. The van der Waals surface area contributed by atoms with Crippen LogP contribution >= 0.6 is 15.9 Å². The van der Waals surface area contributed by atoms with Gasteiger partial charge in [0.05, 0.1) is 17.0 Å². The molecular weight excluding hydrogens is 332 g/mol. The molecule has 21 heavy (non-hydrogen) atoms. The lowest BCUT2D eigenvalue weighted by Gasteiger charge is -2.11. The molecule has 0 saturated carbocycles. The highest BCUT2D eigenvalue weighted by molar-refractivity contribution is 9.10. The maximum Gasteiger partial charge on any atom is 0.256 e. The highest BCUT2D eigenvalue weighted by Gasteiger charge is 2.13. The fourth-order valence-corrected chi connectivity index (χ4v) is 2.39. The van der Waals surface area contributed by atoms with Gasteiger partial charge in [-0.25, -0.2) is 0 Å². The Morgan fingerprint density at radius 1 is 1.19 bits per heavy atom. The van der Waals surface area contributed by atoms with E-state index in [2.05, 4.69) is 26.4 Å². The van der Waals surface area contributed by atoms with E-state index in [4.69, 9.17) is 5.21 Å². The molecule has 0 bridgehead atoms. The minimum Gasteiger partial charge on any atom is -0.411 e. The number of carbonyl (C=O) groups is 1. The van der Waals surface area contributed by atoms with Gasteiger partial charge in [-0.05, 0) is 48.0 Å². The number of oxime groups is 1. The summed E-state index contributed by atoms with van der Waals surface area (Å²) in [5.41, 5.74) is 3.28. The van der Waals surface area contributed by atoms with Crippen LogP contribution < -0.4 is 5.32 Å². The highest BCUT2D eigenvalue weighted by Crippen LogP contribution is 2.21. The summed E-state index contributed by atoms with van der Waals surface area (Å²) < 4.78 is 0.732.